The van der Waals surface area contributed by atoms with Gasteiger partial charge in [-0.25, -0.2) is 4.58 Å². The predicted octanol–water partition coefficient (Wildman–Crippen LogP) is 1.83. The third kappa shape index (κ3) is 1.39. The molecule has 12 heavy (non-hydrogen) atoms. The zero-order valence-corrected chi connectivity index (χ0v) is 7.97. The van der Waals surface area contributed by atoms with E-state index in [4.69, 9.17) is 0 Å². The smallest absolute Gasteiger partial charge is 0.213 e. The standard InChI is InChI=1S/C10H12NS/c1-11-7-8-12-10-6-4-2-3-5-9(10)11/h2-6H,7-8H2,1H3/q+1. The van der Waals surface area contributed by atoms with Crippen molar-refractivity contribution in [1.82, 2.24) is 0 Å². The van der Waals surface area contributed by atoms with Crippen LogP contribution >= 0.6 is 11.8 Å². The van der Waals surface area contributed by atoms with Crippen molar-refractivity contribution in [3.63, 3.8) is 0 Å². The summed E-state index contributed by atoms with van der Waals surface area (Å²) in [6.45, 7) is 1.15. The van der Waals surface area contributed by atoms with Gasteiger partial charge in [-0.1, -0.05) is 18.2 Å². The summed E-state index contributed by atoms with van der Waals surface area (Å²) in [5.74, 6) is 1.20. The lowest BCUT2D eigenvalue weighted by molar-refractivity contribution is -0.491. The molecule has 1 nitrogen and oxygen atoms in total. The van der Waals surface area contributed by atoms with Crippen molar-refractivity contribution in [2.45, 2.75) is 0 Å². The van der Waals surface area contributed by atoms with Crippen molar-refractivity contribution >= 4 is 17.5 Å². The van der Waals surface area contributed by atoms with Gasteiger partial charge in [-0.05, 0) is 6.08 Å². The molecule has 0 saturated carbocycles. The van der Waals surface area contributed by atoms with Gasteiger partial charge < -0.3 is 0 Å². The Kier molecular flexibility index (Phi) is 2.17. The van der Waals surface area contributed by atoms with E-state index < -0.39 is 0 Å². The zero-order valence-electron chi connectivity index (χ0n) is 7.16. The Bertz CT molecular complexity index is 308. The normalized spacial score (nSPS) is 21.9. The van der Waals surface area contributed by atoms with E-state index in [1.165, 1.54) is 16.4 Å². The molecule has 0 radical (unpaired) electrons. The van der Waals surface area contributed by atoms with E-state index in [0.29, 0.717) is 0 Å². The van der Waals surface area contributed by atoms with Crippen molar-refractivity contribution in [2.75, 3.05) is 19.3 Å². The first kappa shape index (κ1) is 7.87. The Morgan fingerprint density at radius 2 is 2.25 bits per heavy atom. The topological polar surface area (TPSA) is 3.01 Å². The van der Waals surface area contributed by atoms with E-state index in [1.807, 2.05) is 11.8 Å². The molecule has 0 N–H and O–H groups in total. The Balaban J connectivity index is 2.47. The molecule has 1 heterocycles. The monoisotopic (exact) mass is 178 g/mol. The molecule has 1 aliphatic heterocycles. The molecule has 2 rings (SSSR count). The minimum absolute atomic E-state index is 1.15. The molecule has 0 spiro atoms. The van der Waals surface area contributed by atoms with Gasteiger partial charge >= 0.3 is 0 Å². The first-order valence-electron chi connectivity index (χ1n) is 4.14. The lowest BCUT2D eigenvalue weighted by Gasteiger charge is -2.11. The van der Waals surface area contributed by atoms with Crippen LogP contribution in [0.3, 0.4) is 0 Å². The third-order valence-corrected chi connectivity index (χ3v) is 3.11. The second kappa shape index (κ2) is 3.31. The molecule has 2 heteroatoms. The van der Waals surface area contributed by atoms with Gasteiger partial charge in [-0.15, -0.1) is 11.8 Å². The molecule has 0 unspecified atom stereocenters. The van der Waals surface area contributed by atoms with Gasteiger partial charge in [0, 0.05) is 6.08 Å². The van der Waals surface area contributed by atoms with Gasteiger partial charge in [-0.3, -0.25) is 0 Å². The summed E-state index contributed by atoms with van der Waals surface area (Å²) in [6.07, 6.45) is 10.6. The summed E-state index contributed by atoms with van der Waals surface area (Å²) in [4.78, 5) is 1.40. The highest BCUT2D eigenvalue weighted by atomic mass is 32.2. The van der Waals surface area contributed by atoms with Crippen LogP contribution in [0, 0.1) is 0 Å². The van der Waals surface area contributed by atoms with Crippen LogP contribution in [0.15, 0.2) is 35.3 Å². The molecule has 62 valence electrons. The molecule has 0 saturated heterocycles. The fraction of sp³-hybridized carbons (Fsp3) is 0.300. The third-order valence-electron chi connectivity index (χ3n) is 2.07. The van der Waals surface area contributed by atoms with Crippen LogP contribution in [0.2, 0.25) is 0 Å². The maximum absolute atomic E-state index is 2.31. The van der Waals surface area contributed by atoms with Crippen molar-refractivity contribution in [1.29, 1.82) is 0 Å². The summed E-state index contributed by atoms with van der Waals surface area (Å²) in [6, 6.07) is 0. The van der Waals surface area contributed by atoms with Gasteiger partial charge in [0.2, 0.25) is 5.71 Å². The van der Waals surface area contributed by atoms with Gasteiger partial charge in [0.15, 0.2) is 6.54 Å². The van der Waals surface area contributed by atoms with Gasteiger partial charge in [-0.2, -0.15) is 0 Å². The van der Waals surface area contributed by atoms with Crippen LogP contribution in [-0.4, -0.2) is 29.6 Å². The van der Waals surface area contributed by atoms with E-state index in [9.17, 15) is 0 Å². The molecule has 0 fully saturated rings. The Morgan fingerprint density at radius 1 is 1.33 bits per heavy atom. The van der Waals surface area contributed by atoms with Crippen LogP contribution in [-0.2, 0) is 0 Å². The van der Waals surface area contributed by atoms with E-state index in [-0.39, 0.29) is 0 Å². The minimum atomic E-state index is 1.15. The maximum Gasteiger partial charge on any atom is 0.213 e. The van der Waals surface area contributed by atoms with Crippen LogP contribution in [0.4, 0.5) is 0 Å². The molecular formula is C10H12NS+. The van der Waals surface area contributed by atoms with E-state index in [0.717, 1.165) is 6.54 Å². The average molecular weight is 178 g/mol. The number of nitrogens with zero attached hydrogens (tertiary/aromatic N) is 1. The van der Waals surface area contributed by atoms with Crippen molar-refractivity contribution in [3.8, 4) is 0 Å². The lowest BCUT2D eigenvalue weighted by atomic mass is 10.3. The fourth-order valence-corrected chi connectivity index (χ4v) is 2.50. The van der Waals surface area contributed by atoms with Gasteiger partial charge in [0.25, 0.3) is 0 Å². The SMILES string of the molecule is C[N+]1=C2C=CC=CC=C2SCC1. The first-order chi connectivity index (χ1) is 5.88. The molecule has 0 bridgehead atoms. The number of thioether (sulfide) groups is 1. The molecule has 0 amide bonds. The van der Waals surface area contributed by atoms with Gasteiger partial charge in [0.05, 0.1) is 10.7 Å². The highest BCUT2D eigenvalue weighted by Crippen LogP contribution is 2.22. The molecule has 0 aromatic rings. The minimum Gasteiger partial charge on any atom is -0.231 e. The largest absolute Gasteiger partial charge is 0.231 e. The molecule has 2 aliphatic rings. The van der Waals surface area contributed by atoms with Crippen LogP contribution < -0.4 is 0 Å². The van der Waals surface area contributed by atoms with Gasteiger partial charge in [0.1, 0.15) is 7.05 Å². The number of hydrogen-bond acceptors (Lipinski definition) is 1. The predicted molar refractivity (Wildman–Crippen MR) is 54.9 cm³/mol. The Labute approximate surface area is 77.2 Å². The second-order valence-electron chi connectivity index (χ2n) is 2.93. The molecule has 0 aromatic carbocycles. The molecule has 0 aromatic heterocycles. The van der Waals surface area contributed by atoms with Crippen LogP contribution in [0.25, 0.3) is 0 Å². The average Bonchev–Trinajstić information content (AvgIpc) is 2.30. The van der Waals surface area contributed by atoms with Crippen molar-refractivity contribution < 1.29 is 4.58 Å². The van der Waals surface area contributed by atoms with E-state index >= 15 is 0 Å². The van der Waals surface area contributed by atoms with Crippen molar-refractivity contribution in [3.05, 3.63) is 35.3 Å². The van der Waals surface area contributed by atoms with E-state index in [1.54, 1.807) is 0 Å². The first-order valence-corrected chi connectivity index (χ1v) is 5.13. The summed E-state index contributed by atoms with van der Waals surface area (Å²) >= 11 is 1.94. The number of rotatable bonds is 0. The number of fused-ring (bicyclic) bond motifs is 1. The number of allylic oxidation sites excluding steroid dienone is 6. The quantitative estimate of drug-likeness (QED) is 0.511. The van der Waals surface area contributed by atoms with Crippen LogP contribution in [0.5, 0.6) is 0 Å². The molecule has 0 atom stereocenters. The Morgan fingerprint density at radius 3 is 3.17 bits per heavy atom. The summed E-state index contributed by atoms with van der Waals surface area (Å²) < 4.78 is 2.31. The molecular weight excluding hydrogens is 166 g/mol. The summed E-state index contributed by atoms with van der Waals surface area (Å²) in [5.41, 5.74) is 1.36. The summed E-state index contributed by atoms with van der Waals surface area (Å²) in [7, 11) is 2.15. The fourth-order valence-electron chi connectivity index (χ4n) is 1.37. The van der Waals surface area contributed by atoms with E-state index in [2.05, 4.69) is 42.0 Å². The zero-order chi connectivity index (χ0) is 8.39. The maximum atomic E-state index is 2.31. The Hall–Kier alpha value is -0.760. The van der Waals surface area contributed by atoms with Crippen molar-refractivity contribution in [2.24, 2.45) is 0 Å². The summed E-state index contributed by atoms with van der Waals surface area (Å²) in [5, 5.41) is 0. The molecule has 1 aliphatic carbocycles. The highest BCUT2D eigenvalue weighted by molar-refractivity contribution is 8.04. The second-order valence-corrected chi connectivity index (χ2v) is 4.07. The highest BCUT2D eigenvalue weighted by Gasteiger charge is 2.19. The number of hydrogen-bond donors (Lipinski definition) is 0. The lowest BCUT2D eigenvalue weighted by Crippen LogP contribution is -2.23. The van der Waals surface area contributed by atoms with Crippen LogP contribution in [0.1, 0.15) is 0 Å².